The van der Waals surface area contributed by atoms with Crippen LogP contribution in [0.25, 0.3) is 0 Å². The maximum absolute atomic E-state index is 13.7. The van der Waals surface area contributed by atoms with Crippen molar-refractivity contribution in [2.24, 2.45) is 7.05 Å². The van der Waals surface area contributed by atoms with Crippen LogP contribution in [0.1, 0.15) is 46.0 Å². The molecule has 142 valence electrons. The molecule has 0 radical (unpaired) electrons. The van der Waals surface area contributed by atoms with Gasteiger partial charge in [0.25, 0.3) is 5.91 Å². The van der Waals surface area contributed by atoms with E-state index < -0.39 is 11.7 Å². The van der Waals surface area contributed by atoms with Crippen LogP contribution in [-0.2, 0) is 13.7 Å². The van der Waals surface area contributed by atoms with Gasteiger partial charge in [-0.05, 0) is 32.9 Å². The standard InChI is InChI=1S/C19H21FN4O3/c1-11(14-9-21-24(4)12(14)2)22-19(25)18-15(13(3)27-23-18)10-26-17-8-6-5-7-16(17)20/h5-9,11H,10H2,1-4H3,(H,22,25). The van der Waals surface area contributed by atoms with Gasteiger partial charge in [-0.2, -0.15) is 5.10 Å². The van der Waals surface area contributed by atoms with Crippen LogP contribution in [0.2, 0.25) is 0 Å². The molecule has 1 atom stereocenters. The summed E-state index contributed by atoms with van der Waals surface area (Å²) in [4.78, 5) is 12.7. The molecule has 0 aliphatic carbocycles. The van der Waals surface area contributed by atoms with Crippen molar-refractivity contribution in [3.05, 3.63) is 64.6 Å². The Kier molecular flexibility index (Phi) is 5.25. The van der Waals surface area contributed by atoms with Gasteiger partial charge in [0.1, 0.15) is 12.4 Å². The number of hydrogen-bond donors (Lipinski definition) is 1. The third-order valence-corrected chi connectivity index (χ3v) is 4.50. The first-order valence-electron chi connectivity index (χ1n) is 8.50. The summed E-state index contributed by atoms with van der Waals surface area (Å²) >= 11 is 0. The van der Waals surface area contributed by atoms with Crippen molar-refractivity contribution < 1.29 is 18.4 Å². The summed E-state index contributed by atoms with van der Waals surface area (Å²) < 4.78 is 26.1. The van der Waals surface area contributed by atoms with Crippen LogP contribution < -0.4 is 10.1 Å². The highest BCUT2D eigenvalue weighted by atomic mass is 19.1. The molecule has 0 saturated heterocycles. The number of benzene rings is 1. The summed E-state index contributed by atoms with van der Waals surface area (Å²) in [5.74, 6) is -0.321. The second-order valence-corrected chi connectivity index (χ2v) is 6.29. The molecule has 0 saturated carbocycles. The largest absolute Gasteiger partial charge is 0.486 e. The van der Waals surface area contributed by atoms with E-state index >= 15 is 0 Å². The Hall–Kier alpha value is -3.16. The third kappa shape index (κ3) is 3.84. The van der Waals surface area contributed by atoms with Crippen molar-refractivity contribution in [2.75, 3.05) is 0 Å². The van der Waals surface area contributed by atoms with Gasteiger partial charge < -0.3 is 14.6 Å². The van der Waals surface area contributed by atoms with Gasteiger partial charge in [0.05, 0.1) is 17.8 Å². The number of aryl methyl sites for hydroxylation is 2. The number of carbonyl (C=O) groups is 1. The van der Waals surface area contributed by atoms with Gasteiger partial charge >= 0.3 is 0 Å². The molecule has 3 aromatic rings. The Bertz CT molecular complexity index is 964. The van der Waals surface area contributed by atoms with E-state index in [1.165, 1.54) is 12.1 Å². The molecular weight excluding hydrogens is 351 g/mol. The lowest BCUT2D eigenvalue weighted by Crippen LogP contribution is -2.28. The maximum Gasteiger partial charge on any atom is 0.274 e. The Morgan fingerprint density at radius 2 is 2.11 bits per heavy atom. The van der Waals surface area contributed by atoms with Crippen molar-refractivity contribution in [1.82, 2.24) is 20.3 Å². The van der Waals surface area contributed by atoms with Crippen molar-refractivity contribution in [2.45, 2.75) is 33.4 Å². The number of para-hydroxylation sites is 1. The quantitative estimate of drug-likeness (QED) is 0.718. The molecule has 0 aliphatic rings. The molecule has 0 spiro atoms. The van der Waals surface area contributed by atoms with Crippen molar-refractivity contribution in [3.63, 3.8) is 0 Å². The molecule has 1 unspecified atom stereocenters. The average Bonchev–Trinajstić information content (AvgIpc) is 3.17. The molecule has 2 aromatic heterocycles. The van der Waals surface area contributed by atoms with Crippen molar-refractivity contribution >= 4 is 5.91 Å². The lowest BCUT2D eigenvalue weighted by atomic mass is 10.1. The zero-order chi connectivity index (χ0) is 19.6. The second kappa shape index (κ2) is 7.61. The van der Waals surface area contributed by atoms with Gasteiger partial charge in [0, 0.05) is 18.3 Å². The first-order valence-corrected chi connectivity index (χ1v) is 8.50. The lowest BCUT2D eigenvalue weighted by Gasteiger charge is -2.13. The van der Waals surface area contributed by atoms with Gasteiger partial charge in [0.2, 0.25) is 0 Å². The van der Waals surface area contributed by atoms with Crippen LogP contribution in [0.3, 0.4) is 0 Å². The van der Waals surface area contributed by atoms with Gasteiger partial charge in [-0.3, -0.25) is 9.48 Å². The molecule has 7 nitrogen and oxygen atoms in total. The molecule has 0 aliphatic heterocycles. The molecule has 3 rings (SSSR count). The Balaban J connectivity index is 1.74. The van der Waals surface area contributed by atoms with Gasteiger partial charge in [-0.15, -0.1) is 0 Å². The minimum atomic E-state index is -0.474. The number of ether oxygens (including phenoxy) is 1. The summed E-state index contributed by atoms with van der Waals surface area (Å²) in [5, 5.41) is 10.9. The smallest absolute Gasteiger partial charge is 0.274 e. The summed E-state index contributed by atoms with van der Waals surface area (Å²) in [5.41, 5.74) is 2.47. The fourth-order valence-corrected chi connectivity index (χ4v) is 2.73. The average molecular weight is 372 g/mol. The predicted molar refractivity (Wildman–Crippen MR) is 95.8 cm³/mol. The van der Waals surface area contributed by atoms with E-state index in [1.807, 2.05) is 20.9 Å². The molecule has 27 heavy (non-hydrogen) atoms. The van der Waals surface area contributed by atoms with E-state index in [9.17, 15) is 9.18 Å². The van der Waals surface area contributed by atoms with E-state index in [0.29, 0.717) is 11.3 Å². The molecule has 1 aromatic carbocycles. The Morgan fingerprint density at radius 3 is 2.78 bits per heavy atom. The molecule has 1 amide bonds. The number of amides is 1. The van der Waals surface area contributed by atoms with Crippen LogP contribution in [-0.4, -0.2) is 20.8 Å². The highest BCUT2D eigenvalue weighted by molar-refractivity contribution is 5.94. The molecule has 0 bridgehead atoms. The summed E-state index contributed by atoms with van der Waals surface area (Å²) in [6, 6.07) is 5.81. The molecular formula is C19H21FN4O3. The topological polar surface area (TPSA) is 82.2 Å². The van der Waals surface area contributed by atoms with E-state index in [2.05, 4.69) is 15.6 Å². The van der Waals surface area contributed by atoms with Crippen LogP contribution in [0, 0.1) is 19.7 Å². The highest BCUT2D eigenvalue weighted by Gasteiger charge is 2.23. The van der Waals surface area contributed by atoms with Crippen molar-refractivity contribution in [3.8, 4) is 5.75 Å². The van der Waals surface area contributed by atoms with E-state index in [4.69, 9.17) is 9.26 Å². The predicted octanol–water partition coefficient (Wildman–Crippen LogP) is 3.23. The molecule has 2 heterocycles. The Labute approximate surface area is 156 Å². The van der Waals surface area contributed by atoms with Crippen molar-refractivity contribution in [1.29, 1.82) is 0 Å². The fourth-order valence-electron chi connectivity index (χ4n) is 2.73. The summed E-state index contributed by atoms with van der Waals surface area (Å²) in [6.07, 6.45) is 1.72. The summed E-state index contributed by atoms with van der Waals surface area (Å²) in [7, 11) is 1.84. The van der Waals surface area contributed by atoms with E-state index in [-0.39, 0.29) is 24.1 Å². The molecule has 0 fully saturated rings. The number of hydrogen-bond acceptors (Lipinski definition) is 5. The normalized spacial score (nSPS) is 12.0. The first kappa shape index (κ1) is 18.6. The number of nitrogens with zero attached hydrogens (tertiary/aromatic N) is 3. The van der Waals surface area contributed by atoms with Gasteiger partial charge in [-0.25, -0.2) is 4.39 Å². The highest BCUT2D eigenvalue weighted by Crippen LogP contribution is 2.22. The molecule has 8 heteroatoms. The number of rotatable bonds is 6. The first-order chi connectivity index (χ1) is 12.9. The lowest BCUT2D eigenvalue weighted by molar-refractivity contribution is 0.0928. The van der Waals surface area contributed by atoms with Crippen LogP contribution in [0.15, 0.2) is 35.0 Å². The second-order valence-electron chi connectivity index (χ2n) is 6.29. The fraction of sp³-hybridized carbons (Fsp3) is 0.316. The minimum absolute atomic E-state index is 0.0285. The number of aromatic nitrogens is 3. The SMILES string of the molecule is Cc1onc(C(=O)NC(C)c2cnn(C)c2C)c1COc1ccccc1F. The zero-order valence-electron chi connectivity index (χ0n) is 15.6. The minimum Gasteiger partial charge on any atom is -0.486 e. The number of nitrogens with one attached hydrogen (secondary N) is 1. The monoisotopic (exact) mass is 372 g/mol. The van der Waals surface area contributed by atoms with Gasteiger partial charge in [-0.1, -0.05) is 17.3 Å². The number of halogens is 1. The third-order valence-electron chi connectivity index (χ3n) is 4.50. The maximum atomic E-state index is 13.7. The van der Waals surface area contributed by atoms with E-state index in [0.717, 1.165) is 11.3 Å². The van der Waals surface area contributed by atoms with Crippen LogP contribution >= 0.6 is 0 Å². The van der Waals surface area contributed by atoms with Gasteiger partial charge in [0.15, 0.2) is 17.3 Å². The van der Waals surface area contributed by atoms with Crippen LogP contribution in [0.4, 0.5) is 4.39 Å². The van der Waals surface area contributed by atoms with E-state index in [1.54, 1.807) is 29.9 Å². The Morgan fingerprint density at radius 1 is 1.37 bits per heavy atom. The zero-order valence-corrected chi connectivity index (χ0v) is 15.6. The van der Waals surface area contributed by atoms with Crippen LogP contribution in [0.5, 0.6) is 5.75 Å². The summed E-state index contributed by atoms with van der Waals surface area (Å²) in [6.45, 7) is 5.45. The molecule has 1 N–H and O–H groups in total. The number of carbonyl (C=O) groups excluding carboxylic acids is 1.